The molecule has 2 rings (SSSR count). The highest BCUT2D eigenvalue weighted by Gasteiger charge is 2.07. The molecule has 0 aliphatic heterocycles. The van der Waals surface area contributed by atoms with Crippen molar-refractivity contribution in [3.8, 4) is 5.75 Å². The summed E-state index contributed by atoms with van der Waals surface area (Å²) >= 11 is 11.6. The minimum Gasteiger partial charge on any atom is -0.489 e. The van der Waals surface area contributed by atoms with Crippen molar-refractivity contribution in [3.63, 3.8) is 0 Å². The number of ether oxygens (including phenoxy) is 1. The normalized spacial score (nSPS) is 10.4. The topological polar surface area (TPSA) is 9.23 Å². The number of halogens is 3. The Morgan fingerprint density at radius 1 is 1.06 bits per heavy atom. The smallest absolute Gasteiger partial charge is 0.131 e. The van der Waals surface area contributed by atoms with E-state index >= 15 is 0 Å². The fourth-order valence-corrected chi connectivity index (χ4v) is 1.90. The Hall–Kier alpha value is -1.25. The SMILES string of the molecule is Fc1cccc(Cl)c1COc1ccc(CCl)cc1. The average molecular weight is 285 g/mol. The van der Waals surface area contributed by atoms with Gasteiger partial charge in [-0.05, 0) is 29.8 Å². The van der Waals surface area contributed by atoms with Crippen LogP contribution in [0.2, 0.25) is 5.02 Å². The molecule has 0 atom stereocenters. The van der Waals surface area contributed by atoms with Gasteiger partial charge in [0.15, 0.2) is 0 Å². The van der Waals surface area contributed by atoms with Crippen LogP contribution in [0.15, 0.2) is 42.5 Å². The fourth-order valence-electron chi connectivity index (χ4n) is 1.50. The molecule has 0 aliphatic carbocycles. The van der Waals surface area contributed by atoms with Crippen molar-refractivity contribution in [1.29, 1.82) is 0 Å². The van der Waals surface area contributed by atoms with Crippen molar-refractivity contribution >= 4 is 23.2 Å². The van der Waals surface area contributed by atoms with Crippen molar-refractivity contribution in [2.24, 2.45) is 0 Å². The quantitative estimate of drug-likeness (QED) is 0.733. The van der Waals surface area contributed by atoms with E-state index in [0.29, 0.717) is 22.2 Å². The Balaban J connectivity index is 2.06. The maximum absolute atomic E-state index is 13.5. The van der Waals surface area contributed by atoms with E-state index in [2.05, 4.69) is 0 Å². The lowest BCUT2D eigenvalue weighted by molar-refractivity contribution is 0.300. The molecule has 0 unspecified atom stereocenters. The second kappa shape index (κ2) is 6.07. The van der Waals surface area contributed by atoms with E-state index < -0.39 is 0 Å². The highest BCUT2D eigenvalue weighted by Crippen LogP contribution is 2.21. The minimum atomic E-state index is -0.361. The zero-order valence-electron chi connectivity index (χ0n) is 9.50. The summed E-state index contributed by atoms with van der Waals surface area (Å²) in [4.78, 5) is 0. The van der Waals surface area contributed by atoms with Crippen LogP contribution in [0.25, 0.3) is 0 Å². The third kappa shape index (κ3) is 3.15. The van der Waals surface area contributed by atoms with Crippen LogP contribution < -0.4 is 4.74 Å². The lowest BCUT2D eigenvalue weighted by atomic mass is 10.2. The molecule has 0 spiro atoms. The van der Waals surface area contributed by atoms with E-state index in [0.717, 1.165) is 5.56 Å². The summed E-state index contributed by atoms with van der Waals surface area (Å²) in [6, 6.07) is 11.9. The molecule has 0 aliphatic rings. The van der Waals surface area contributed by atoms with E-state index in [1.165, 1.54) is 6.07 Å². The first-order valence-corrected chi connectivity index (χ1v) is 6.32. The Morgan fingerprint density at radius 2 is 1.78 bits per heavy atom. The second-order valence-corrected chi connectivity index (χ2v) is 4.44. The Morgan fingerprint density at radius 3 is 2.39 bits per heavy atom. The van der Waals surface area contributed by atoms with Crippen LogP contribution in [-0.4, -0.2) is 0 Å². The van der Waals surface area contributed by atoms with E-state index in [9.17, 15) is 4.39 Å². The Kier molecular flexibility index (Phi) is 4.45. The number of hydrogen-bond acceptors (Lipinski definition) is 1. The molecular weight excluding hydrogens is 274 g/mol. The molecule has 0 N–H and O–H groups in total. The van der Waals surface area contributed by atoms with Gasteiger partial charge >= 0.3 is 0 Å². The van der Waals surface area contributed by atoms with Gasteiger partial charge in [-0.25, -0.2) is 4.39 Å². The molecule has 0 aromatic heterocycles. The summed E-state index contributed by atoms with van der Waals surface area (Å²) < 4.78 is 19.0. The van der Waals surface area contributed by atoms with Crippen LogP contribution in [0.1, 0.15) is 11.1 Å². The van der Waals surface area contributed by atoms with E-state index in [1.54, 1.807) is 24.3 Å². The first-order valence-electron chi connectivity index (χ1n) is 5.41. The number of rotatable bonds is 4. The standard InChI is InChI=1S/C14H11Cl2FO/c15-8-10-4-6-11(7-5-10)18-9-12-13(16)2-1-3-14(12)17/h1-7H,8-9H2. The first kappa shape index (κ1) is 13.2. The Labute approximate surface area is 115 Å². The van der Waals surface area contributed by atoms with Gasteiger partial charge in [-0.3, -0.25) is 0 Å². The number of alkyl halides is 1. The third-order valence-electron chi connectivity index (χ3n) is 2.52. The average Bonchev–Trinajstić information content (AvgIpc) is 2.39. The summed E-state index contributed by atoms with van der Waals surface area (Å²) in [6.45, 7) is 0.103. The predicted octanol–water partition coefficient (Wildman–Crippen LogP) is 4.80. The van der Waals surface area contributed by atoms with Crippen LogP contribution in [-0.2, 0) is 12.5 Å². The molecule has 2 aromatic carbocycles. The van der Waals surface area contributed by atoms with Gasteiger partial charge in [0.1, 0.15) is 18.2 Å². The molecule has 0 radical (unpaired) electrons. The van der Waals surface area contributed by atoms with Gasteiger partial charge in [0.05, 0.1) is 5.02 Å². The maximum atomic E-state index is 13.5. The van der Waals surface area contributed by atoms with Crippen LogP contribution in [0.4, 0.5) is 4.39 Å². The second-order valence-electron chi connectivity index (χ2n) is 3.77. The van der Waals surface area contributed by atoms with Crippen LogP contribution in [0.5, 0.6) is 5.75 Å². The summed E-state index contributed by atoms with van der Waals surface area (Å²) in [5, 5.41) is 0.368. The molecule has 0 heterocycles. The monoisotopic (exact) mass is 284 g/mol. The molecule has 0 amide bonds. The third-order valence-corrected chi connectivity index (χ3v) is 3.19. The summed E-state index contributed by atoms with van der Waals surface area (Å²) in [6.07, 6.45) is 0. The molecule has 0 saturated carbocycles. The van der Waals surface area contributed by atoms with Gasteiger partial charge in [0.25, 0.3) is 0 Å². The van der Waals surface area contributed by atoms with Gasteiger partial charge in [-0.1, -0.05) is 29.8 Å². The van der Waals surface area contributed by atoms with Gasteiger partial charge in [0, 0.05) is 11.4 Å². The largest absolute Gasteiger partial charge is 0.489 e. The van der Waals surface area contributed by atoms with Crippen molar-refractivity contribution in [2.75, 3.05) is 0 Å². The van der Waals surface area contributed by atoms with Crippen LogP contribution in [0, 0.1) is 5.82 Å². The van der Waals surface area contributed by atoms with Crippen molar-refractivity contribution < 1.29 is 9.13 Å². The molecule has 1 nitrogen and oxygen atoms in total. The molecule has 94 valence electrons. The van der Waals surface area contributed by atoms with Crippen LogP contribution >= 0.6 is 23.2 Å². The molecule has 0 bridgehead atoms. The zero-order valence-corrected chi connectivity index (χ0v) is 11.0. The fraction of sp³-hybridized carbons (Fsp3) is 0.143. The minimum absolute atomic E-state index is 0.103. The number of benzene rings is 2. The number of hydrogen-bond donors (Lipinski definition) is 0. The van der Waals surface area contributed by atoms with Crippen molar-refractivity contribution in [2.45, 2.75) is 12.5 Å². The van der Waals surface area contributed by atoms with E-state index in [4.69, 9.17) is 27.9 Å². The highest BCUT2D eigenvalue weighted by atomic mass is 35.5. The summed E-state index contributed by atoms with van der Waals surface area (Å²) in [5.74, 6) is 0.752. The highest BCUT2D eigenvalue weighted by molar-refractivity contribution is 6.31. The summed E-state index contributed by atoms with van der Waals surface area (Å²) in [5.41, 5.74) is 1.37. The molecule has 4 heteroatoms. The molecule has 0 fully saturated rings. The lowest BCUT2D eigenvalue weighted by Gasteiger charge is -2.09. The first-order chi connectivity index (χ1) is 8.70. The summed E-state index contributed by atoms with van der Waals surface area (Å²) in [7, 11) is 0. The molecule has 2 aromatic rings. The van der Waals surface area contributed by atoms with Gasteiger partial charge < -0.3 is 4.74 Å². The van der Waals surface area contributed by atoms with E-state index in [-0.39, 0.29) is 12.4 Å². The van der Waals surface area contributed by atoms with Crippen molar-refractivity contribution in [3.05, 3.63) is 64.4 Å². The van der Waals surface area contributed by atoms with Gasteiger partial charge in [0.2, 0.25) is 0 Å². The zero-order chi connectivity index (χ0) is 13.0. The van der Waals surface area contributed by atoms with Crippen LogP contribution in [0.3, 0.4) is 0 Å². The molecule has 18 heavy (non-hydrogen) atoms. The van der Waals surface area contributed by atoms with Gasteiger partial charge in [-0.15, -0.1) is 11.6 Å². The van der Waals surface area contributed by atoms with Gasteiger partial charge in [-0.2, -0.15) is 0 Å². The Bertz CT molecular complexity index is 506. The lowest BCUT2D eigenvalue weighted by Crippen LogP contribution is -1.99. The molecule has 0 saturated heterocycles. The van der Waals surface area contributed by atoms with E-state index in [1.807, 2.05) is 12.1 Å². The predicted molar refractivity (Wildman–Crippen MR) is 71.7 cm³/mol. The molecular formula is C14H11Cl2FO. The maximum Gasteiger partial charge on any atom is 0.131 e. The van der Waals surface area contributed by atoms with Crippen molar-refractivity contribution in [1.82, 2.24) is 0 Å².